The second-order valence-electron chi connectivity index (χ2n) is 5.03. The van der Waals surface area contributed by atoms with Crippen LogP contribution in [-0.2, 0) is 16.0 Å². The molecule has 0 amide bonds. The first kappa shape index (κ1) is 15.2. The third-order valence-corrected chi connectivity index (χ3v) is 3.43. The summed E-state index contributed by atoms with van der Waals surface area (Å²) >= 11 is 0. The number of aryl methyl sites for hydroxylation is 1. The molecule has 0 unspecified atom stereocenters. The molecule has 0 aliphatic carbocycles. The molecule has 0 spiro atoms. The van der Waals surface area contributed by atoms with Crippen molar-refractivity contribution in [2.45, 2.75) is 26.6 Å². The number of carbonyl (C=O) groups is 1. The first-order valence-corrected chi connectivity index (χ1v) is 7.60. The lowest BCUT2D eigenvalue weighted by Crippen LogP contribution is -2.30. The van der Waals surface area contributed by atoms with Crippen LogP contribution in [0.5, 0.6) is 23.0 Å². The van der Waals surface area contributed by atoms with Crippen molar-refractivity contribution < 1.29 is 23.7 Å². The lowest BCUT2D eigenvalue weighted by molar-refractivity contribution is -0.161. The number of carbonyl (C=O) groups excluding carboxylic acids is 1. The molecule has 120 valence electrons. The highest BCUT2D eigenvalue weighted by Crippen LogP contribution is 2.39. The molecular weight excluding hydrogens is 296 g/mol. The lowest BCUT2D eigenvalue weighted by atomic mass is 10.2. The fourth-order valence-corrected chi connectivity index (χ4v) is 2.23. The maximum Gasteiger partial charge on any atom is 0.389 e. The van der Waals surface area contributed by atoms with Crippen molar-refractivity contribution in [2.75, 3.05) is 6.61 Å². The van der Waals surface area contributed by atoms with Crippen LogP contribution in [0.15, 0.2) is 42.5 Å². The molecule has 1 heterocycles. The summed E-state index contributed by atoms with van der Waals surface area (Å²) < 4.78 is 21.5. The van der Waals surface area contributed by atoms with Gasteiger partial charge < -0.3 is 18.9 Å². The van der Waals surface area contributed by atoms with Gasteiger partial charge in [-0.3, -0.25) is 0 Å². The zero-order valence-corrected chi connectivity index (χ0v) is 13.1. The van der Waals surface area contributed by atoms with Gasteiger partial charge in [0.05, 0.1) is 6.61 Å². The molecule has 23 heavy (non-hydrogen) atoms. The third kappa shape index (κ3) is 3.39. The van der Waals surface area contributed by atoms with Crippen molar-refractivity contribution >= 4 is 5.97 Å². The van der Waals surface area contributed by atoms with Crippen molar-refractivity contribution in [3.8, 4) is 23.0 Å². The van der Waals surface area contributed by atoms with E-state index in [-0.39, 0.29) is 6.61 Å². The van der Waals surface area contributed by atoms with Crippen molar-refractivity contribution in [3.63, 3.8) is 0 Å². The van der Waals surface area contributed by atoms with E-state index in [1.165, 1.54) is 5.56 Å². The van der Waals surface area contributed by atoms with Crippen molar-refractivity contribution in [2.24, 2.45) is 0 Å². The van der Waals surface area contributed by atoms with Crippen LogP contribution in [0.25, 0.3) is 0 Å². The monoisotopic (exact) mass is 314 g/mol. The predicted molar refractivity (Wildman–Crippen MR) is 84.0 cm³/mol. The van der Waals surface area contributed by atoms with Crippen molar-refractivity contribution in [3.05, 3.63) is 48.0 Å². The van der Waals surface area contributed by atoms with Gasteiger partial charge in [0.2, 0.25) is 0 Å². The molecule has 0 aromatic heterocycles. The van der Waals surface area contributed by atoms with E-state index in [0.29, 0.717) is 17.2 Å². The highest BCUT2D eigenvalue weighted by atomic mass is 16.7. The van der Waals surface area contributed by atoms with Gasteiger partial charge in [-0.25, -0.2) is 4.79 Å². The molecular formula is C18H18O5. The minimum atomic E-state index is -1.05. The van der Waals surface area contributed by atoms with Gasteiger partial charge >= 0.3 is 12.3 Å². The average molecular weight is 314 g/mol. The maximum absolute atomic E-state index is 11.6. The minimum absolute atomic E-state index is 0.278. The van der Waals surface area contributed by atoms with Gasteiger partial charge in [-0.1, -0.05) is 19.1 Å². The fraction of sp³-hybridized carbons (Fsp3) is 0.278. The van der Waals surface area contributed by atoms with Gasteiger partial charge in [0.15, 0.2) is 11.5 Å². The second-order valence-corrected chi connectivity index (χ2v) is 5.03. The topological polar surface area (TPSA) is 54.0 Å². The Morgan fingerprint density at radius 1 is 1.00 bits per heavy atom. The Hall–Kier alpha value is -2.69. The Morgan fingerprint density at radius 3 is 2.39 bits per heavy atom. The van der Waals surface area contributed by atoms with Crippen LogP contribution in [0.3, 0.4) is 0 Å². The summed E-state index contributed by atoms with van der Waals surface area (Å²) in [5, 5.41) is 0. The summed E-state index contributed by atoms with van der Waals surface area (Å²) in [6.07, 6.45) is -0.0662. The molecule has 0 radical (unpaired) electrons. The zero-order valence-electron chi connectivity index (χ0n) is 13.1. The molecule has 0 N–H and O–H groups in total. The molecule has 2 aromatic carbocycles. The second kappa shape index (κ2) is 6.60. The summed E-state index contributed by atoms with van der Waals surface area (Å²) in [4.78, 5) is 11.6. The van der Waals surface area contributed by atoms with Gasteiger partial charge in [-0.05, 0) is 43.2 Å². The fourth-order valence-electron chi connectivity index (χ4n) is 2.23. The third-order valence-electron chi connectivity index (χ3n) is 3.43. The van der Waals surface area contributed by atoms with Crippen LogP contribution in [0.2, 0.25) is 0 Å². The highest BCUT2D eigenvalue weighted by Gasteiger charge is 2.32. The van der Waals surface area contributed by atoms with Crippen LogP contribution < -0.4 is 14.2 Å². The van der Waals surface area contributed by atoms with E-state index in [2.05, 4.69) is 6.92 Å². The molecule has 5 heteroatoms. The normalized spacial score (nSPS) is 15.3. The van der Waals surface area contributed by atoms with E-state index in [9.17, 15) is 4.79 Å². The summed E-state index contributed by atoms with van der Waals surface area (Å²) in [5.74, 6) is 1.77. The zero-order chi connectivity index (χ0) is 16.2. The highest BCUT2D eigenvalue weighted by molar-refractivity contribution is 5.75. The molecule has 0 bridgehead atoms. The molecule has 2 aromatic rings. The number of ether oxygens (including phenoxy) is 4. The number of rotatable bonds is 5. The minimum Gasteiger partial charge on any atom is -0.460 e. The van der Waals surface area contributed by atoms with E-state index >= 15 is 0 Å². The number of esters is 1. The molecule has 5 nitrogen and oxygen atoms in total. The Kier molecular flexibility index (Phi) is 4.37. The van der Waals surface area contributed by atoms with Crippen LogP contribution in [0.4, 0.5) is 0 Å². The SMILES string of the molecule is CCOC(=O)[C@H]1Oc2ccc(Oc3ccc(CC)cc3)cc2O1. The number of hydrogen-bond acceptors (Lipinski definition) is 5. The Morgan fingerprint density at radius 2 is 1.70 bits per heavy atom. The van der Waals surface area contributed by atoms with Crippen LogP contribution in [0, 0.1) is 0 Å². The van der Waals surface area contributed by atoms with Crippen LogP contribution >= 0.6 is 0 Å². The van der Waals surface area contributed by atoms with Gasteiger partial charge in [-0.2, -0.15) is 0 Å². The Labute approximate surface area is 134 Å². The number of fused-ring (bicyclic) bond motifs is 1. The molecule has 1 aliphatic rings. The van der Waals surface area contributed by atoms with Crippen LogP contribution in [-0.4, -0.2) is 18.9 Å². The summed E-state index contributed by atoms with van der Waals surface area (Å²) in [6.45, 7) is 4.12. The van der Waals surface area contributed by atoms with Gasteiger partial charge in [0, 0.05) is 6.07 Å². The van der Waals surface area contributed by atoms with Gasteiger partial charge in [0.1, 0.15) is 11.5 Å². The smallest absolute Gasteiger partial charge is 0.389 e. The molecule has 0 saturated carbocycles. The molecule has 0 saturated heterocycles. The summed E-state index contributed by atoms with van der Waals surface area (Å²) in [6, 6.07) is 13.1. The van der Waals surface area contributed by atoms with E-state index < -0.39 is 12.3 Å². The molecule has 1 atom stereocenters. The summed E-state index contributed by atoms with van der Waals surface area (Å²) in [5.41, 5.74) is 1.25. The van der Waals surface area contributed by atoms with E-state index in [1.807, 2.05) is 24.3 Å². The predicted octanol–water partition coefficient (Wildman–Crippen LogP) is 3.70. The average Bonchev–Trinajstić information content (AvgIpc) is 2.99. The van der Waals surface area contributed by atoms with Crippen molar-refractivity contribution in [1.82, 2.24) is 0 Å². The molecule has 3 rings (SSSR count). The first-order chi connectivity index (χ1) is 11.2. The lowest BCUT2D eigenvalue weighted by Gasteiger charge is -2.08. The Bertz CT molecular complexity index is 693. The number of benzene rings is 2. The van der Waals surface area contributed by atoms with E-state index in [1.54, 1.807) is 25.1 Å². The van der Waals surface area contributed by atoms with Gasteiger partial charge in [-0.15, -0.1) is 0 Å². The standard InChI is InChI=1S/C18H18O5/c1-3-12-5-7-13(8-6-12)21-14-9-10-15-16(11-14)23-18(22-15)17(19)20-4-2/h5-11,18H,3-4H2,1-2H3/t18-/m0/s1. The van der Waals surface area contributed by atoms with Crippen LogP contribution in [0.1, 0.15) is 19.4 Å². The quantitative estimate of drug-likeness (QED) is 0.788. The maximum atomic E-state index is 11.6. The van der Waals surface area contributed by atoms with E-state index in [4.69, 9.17) is 18.9 Å². The molecule has 1 aliphatic heterocycles. The largest absolute Gasteiger partial charge is 0.460 e. The Balaban J connectivity index is 1.70. The first-order valence-electron chi connectivity index (χ1n) is 7.60. The van der Waals surface area contributed by atoms with E-state index in [0.717, 1.165) is 12.2 Å². The van der Waals surface area contributed by atoms with Crippen molar-refractivity contribution in [1.29, 1.82) is 0 Å². The van der Waals surface area contributed by atoms with Gasteiger partial charge in [0.25, 0.3) is 0 Å². The molecule has 0 fully saturated rings. The number of hydrogen-bond donors (Lipinski definition) is 0. The summed E-state index contributed by atoms with van der Waals surface area (Å²) in [7, 11) is 0.